The summed E-state index contributed by atoms with van der Waals surface area (Å²) in [4.78, 5) is 30.7. The third kappa shape index (κ3) is 4.59. The first-order chi connectivity index (χ1) is 17.1. The first kappa shape index (κ1) is 23.3. The van der Waals surface area contributed by atoms with Crippen molar-refractivity contribution in [3.8, 4) is 0 Å². The normalized spacial score (nSPS) is 21.8. The molecular weight excluding hydrogens is 436 g/mol. The molecule has 2 amide bonds. The lowest BCUT2D eigenvalue weighted by Crippen LogP contribution is -2.50. The molecule has 2 fully saturated rings. The molecule has 5 rings (SSSR count). The van der Waals surface area contributed by atoms with E-state index in [1.807, 2.05) is 95.9 Å². The number of hydrogen-bond donors (Lipinski definition) is 2. The summed E-state index contributed by atoms with van der Waals surface area (Å²) >= 11 is 0. The number of nitrogens with zero attached hydrogens (tertiary/aromatic N) is 2. The number of benzene rings is 3. The molecular formula is C29H32N4O2. The van der Waals surface area contributed by atoms with E-state index in [1.54, 1.807) is 4.90 Å². The Morgan fingerprint density at radius 2 is 1.49 bits per heavy atom. The summed E-state index contributed by atoms with van der Waals surface area (Å²) < 4.78 is 0. The zero-order valence-corrected chi connectivity index (χ0v) is 19.8. The molecule has 6 nitrogen and oxygen atoms in total. The van der Waals surface area contributed by atoms with Gasteiger partial charge in [0.05, 0.1) is 6.42 Å². The van der Waals surface area contributed by atoms with Crippen LogP contribution in [-0.2, 0) is 21.5 Å². The minimum atomic E-state index is -1.03. The summed E-state index contributed by atoms with van der Waals surface area (Å²) in [5.74, 6) is 0.275. The molecule has 2 atom stereocenters. The van der Waals surface area contributed by atoms with Crippen molar-refractivity contribution in [3.05, 3.63) is 108 Å². The maximum atomic E-state index is 14.1. The van der Waals surface area contributed by atoms with Gasteiger partial charge in [-0.3, -0.25) is 20.6 Å². The molecule has 35 heavy (non-hydrogen) atoms. The van der Waals surface area contributed by atoms with E-state index in [-0.39, 0.29) is 17.7 Å². The van der Waals surface area contributed by atoms with Crippen LogP contribution < -0.4 is 11.1 Å². The molecule has 2 saturated heterocycles. The van der Waals surface area contributed by atoms with Gasteiger partial charge in [-0.05, 0) is 35.4 Å². The van der Waals surface area contributed by atoms with Gasteiger partial charge in [0.25, 0.3) is 5.91 Å². The van der Waals surface area contributed by atoms with Crippen LogP contribution in [0.2, 0.25) is 0 Å². The Labute approximate surface area is 206 Å². The molecule has 0 saturated carbocycles. The standard InChI is InChI=1S/C29H32N4O2/c30-28-31-29(24-14-6-2-7-15-24,25-16-8-3-9-17-25)27(35)33(28)21-23-13-10-18-32(20-23)26(34)19-22-11-4-1-5-12-22/h1-9,11-12,14-17,23,28,31H,10,13,18-21,30H2/t23-,28+/m0/s1. The van der Waals surface area contributed by atoms with Gasteiger partial charge in [0, 0.05) is 19.6 Å². The van der Waals surface area contributed by atoms with Crippen LogP contribution in [-0.4, -0.2) is 47.5 Å². The Bertz CT molecular complexity index is 1110. The van der Waals surface area contributed by atoms with E-state index in [0.717, 1.165) is 36.1 Å². The third-order valence-corrected chi connectivity index (χ3v) is 7.22. The molecule has 3 aromatic carbocycles. The lowest BCUT2D eigenvalue weighted by atomic mass is 9.82. The number of rotatable bonds is 6. The van der Waals surface area contributed by atoms with E-state index in [1.165, 1.54) is 0 Å². The number of hydrogen-bond acceptors (Lipinski definition) is 4. The zero-order chi connectivity index (χ0) is 24.3. The van der Waals surface area contributed by atoms with Crippen molar-refractivity contribution in [2.24, 2.45) is 11.7 Å². The Kier molecular flexibility index (Phi) is 6.66. The molecule has 0 bridgehead atoms. The predicted molar refractivity (Wildman–Crippen MR) is 136 cm³/mol. The van der Waals surface area contributed by atoms with Gasteiger partial charge in [0.15, 0.2) is 5.54 Å². The minimum Gasteiger partial charge on any atom is -0.342 e. The highest BCUT2D eigenvalue weighted by Crippen LogP contribution is 2.37. The van der Waals surface area contributed by atoms with Crippen LogP contribution >= 0.6 is 0 Å². The van der Waals surface area contributed by atoms with Crippen molar-refractivity contribution in [1.29, 1.82) is 0 Å². The molecule has 0 aliphatic carbocycles. The van der Waals surface area contributed by atoms with Gasteiger partial charge in [0.2, 0.25) is 5.91 Å². The van der Waals surface area contributed by atoms with Crippen molar-refractivity contribution in [3.63, 3.8) is 0 Å². The van der Waals surface area contributed by atoms with Crippen LogP contribution in [0, 0.1) is 5.92 Å². The monoisotopic (exact) mass is 468 g/mol. The van der Waals surface area contributed by atoms with E-state index in [0.29, 0.717) is 19.5 Å². The zero-order valence-electron chi connectivity index (χ0n) is 19.8. The lowest BCUT2D eigenvalue weighted by molar-refractivity contribution is -0.134. The summed E-state index contributed by atoms with van der Waals surface area (Å²) in [5.41, 5.74) is 8.29. The fourth-order valence-electron chi connectivity index (χ4n) is 5.46. The maximum Gasteiger partial charge on any atom is 0.254 e. The summed E-state index contributed by atoms with van der Waals surface area (Å²) in [5, 5.41) is 3.43. The second-order valence-corrected chi connectivity index (χ2v) is 9.54. The van der Waals surface area contributed by atoms with Crippen molar-refractivity contribution in [2.45, 2.75) is 31.1 Å². The van der Waals surface area contributed by atoms with Crippen LogP contribution in [0.1, 0.15) is 29.5 Å². The lowest BCUT2D eigenvalue weighted by Gasteiger charge is -2.36. The molecule has 180 valence electrons. The van der Waals surface area contributed by atoms with Gasteiger partial charge >= 0.3 is 0 Å². The number of amides is 2. The Hall–Kier alpha value is -3.48. The van der Waals surface area contributed by atoms with Gasteiger partial charge in [-0.2, -0.15) is 0 Å². The Morgan fingerprint density at radius 1 is 0.914 bits per heavy atom. The number of nitrogens with one attached hydrogen (secondary N) is 1. The van der Waals surface area contributed by atoms with Crippen molar-refractivity contribution < 1.29 is 9.59 Å². The molecule has 6 heteroatoms. The summed E-state index contributed by atoms with van der Waals surface area (Å²) in [6.45, 7) is 1.92. The average molecular weight is 469 g/mol. The molecule has 0 radical (unpaired) electrons. The highest BCUT2D eigenvalue weighted by atomic mass is 16.2. The molecule has 2 aliphatic rings. The molecule has 0 unspecified atom stereocenters. The first-order valence-corrected chi connectivity index (χ1v) is 12.3. The predicted octanol–water partition coefficient (Wildman–Crippen LogP) is 3.09. The van der Waals surface area contributed by atoms with Gasteiger partial charge < -0.3 is 9.80 Å². The Balaban J connectivity index is 1.34. The van der Waals surface area contributed by atoms with Crippen molar-refractivity contribution in [1.82, 2.24) is 15.1 Å². The summed E-state index contributed by atoms with van der Waals surface area (Å²) in [6.07, 6.45) is 1.69. The van der Waals surface area contributed by atoms with Crippen LogP contribution in [0.5, 0.6) is 0 Å². The second-order valence-electron chi connectivity index (χ2n) is 9.54. The molecule has 2 aliphatic heterocycles. The fourth-order valence-corrected chi connectivity index (χ4v) is 5.46. The summed E-state index contributed by atoms with van der Waals surface area (Å²) in [6, 6.07) is 29.4. The molecule has 0 spiro atoms. The van der Waals surface area contributed by atoms with Gasteiger partial charge in [-0.15, -0.1) is 0 Å². The molecule has 3 aromatic rings. The number of carbonyl (C=O) groups excluding carboxylic acids is 2. The van der Waals surface area contributed by atoms with E-state index in [9.17, 15) is 9.59 Å². The SMILES string of the molecule is N[C@@H]1NC(c2ccccc2)(c2ccccc2)C(=O)N1C[C@H]1CCCN(C(=O)Cc2ccccc2)C1. The largest absolute Gasteiger partial charge is 0.342 e. The Morgan fingerprint density at radius 3 is 2.09 bits per heavy atom. The fraction of sp³-hybridized carbons (Fsp3) is 0.310. The van der Waals surface area contributed by atoms with E-state index in [4.69, 9.17) is 5.73 Å². The van der Waals surface area contributed by atoms with Crippen LogP contribution in [0.25, 0.3) is 0 Å². The topological polar surface area (TPSA) is 78.7 Å². The van der Waals surface area contributed by atoms with Gasteiger partial charge in [-0.25, -0.2) is 0 Å². The molecule has 3 N–H and O–H groups in total. The maximum absolute atomic E-state index is 14.1. The van der Waals surface area contributed by atoms with Crippen molar-refractivity contribution in [2.75, 3.05) is 19.6 Å². The molecule has 0 aromatic heterocycles. The second kappa shape index (κ2) is 10.0. The van der Waals surface area contributed by atoms with Gasteiger partial charge in [-0.1, -0.05) is 91.0 Å². The minimum absolute atomic E-state index is 0.0462. The quantitative estimate of drug-likeness (QED) is 0.583. The van der Waals surface area contributed by atoms with Crippen molar-refractivity contribution >= 4 is 11.8 Å². The number of carbonyl (C=O) groups is 2. The smallest absolute Gasteiger partial charge is 0.254 e. The number of piperidine rings is 1. The molecule has 2 heterocycles. The summed E-state index contributed by atoms with van der Waals surface area (Å²) in [7, 11) is 0. The highest BCUT2D eigenvalue weighted by Gasteiger charge is 2.53. The van der Waals surface area contributed by atoms with E-state index in [2.05, 4.69) is 5.32 Å². The van der Waals surface area contributed by atoms with Crippen LogP contribution in [0.15, 0.2) is 91.0 Å². The highest BCUT2D eigenvalue weighted by molar-refractivity contribution is 5.94. The number of nitrogens with two attached hydrogens (primary N) is 1. The van der Waals surface area contributed by atoms with Gasteiger partial charge in [0.1, 0.15) is 6.29 Å². The van der Waals surface area contributed by atoms with Crippen LogP contribution in [0.3, 0.4) is 0 Å². The van der Waals surface area contributed by atoms with Crippen LogP contribution in [0.4, 0.5) is 0 Å². The average Bonchev–Trinajstić information content (AvgIpc) is 3.16. The third-order valence-electron chi connectivity index (χ3n) is 7.22. The number of likely N-dealkylation sites (tertiary alicyclic amines) is 1. The van der Waals surface area contributed by atoms with E-state index >= 15 is 0 Å². The van der Waals surface area contributed by atoms with E-state index < -0.39 is 11.8 Å². The first-order valence-electron chi connectivity index (χ1n) is 12.3.